The van der Waals surface area contributed by atoms with Gasteiger partial charge in [-0.15, -0.1) is 0 Å². The van der Waals surface area contributed by atoms with Gasteiger partial charge in [0.15, 0.2) is 0 Å². The highest BCUT2D eigenvalue weighted by molar-refractivity contribution is 9.10. The lowest BCUT2D eigenvalue weighted by Crippen LogP contribution is -2.38. The summed E-state index contributed by atoms with van der Waals surface area (Å²) < 4.78 is 1.04. The number of hydrogen-bond acceptors (Lipinski definition) is 3. The van der Waals surface area contributed by atoms with Crippen LogP contribution in [0.5, 0.6) is 0 Å². The highest BCUT2D eigenvalue weighted by atomic mass is 79.9. The van der Waals surface area contributed by atoms with E-state index in [2.05, 4.69) is 37.9 Å². The van der Waals surface area contributed by atoms with Crippen molar-refractivity contribution in [2.75, 3.05) is 18.0 Å². The van der Waals surface area contributed by atoms with Crippen LogP contribution in [0.4, 0.5) is 5.82 Å². The number of rotatable bonds is 5. The van der Waals surface area contributed by atoms with Crippen molar-refractivity contribution in [3.63, 3.8) is 0 Å². The zero-order chi connectivity index (χ0) is 12.8. The summed E-state index contributed by atoms with van der Waals surface area (Å²) in [4.78, 5) is 7.00. The number of hydrogen-bond donors (Lipinski definition) is 1. The van der Waals surface area contributed by atoms with E-state index in [1.54, 1.807) is 0 Å². The van der Waals surface area contributed by atoms with Gasteiger partial charge in [0.1, 0.15) is 5.82 Å². The van der Waals surface area contributed by atoms with Crippen LogP contribution in [0.25, 0.3) is 0 Å². The van der Waals surface area contributed by atoms with E-state index in [4.69, 9.17) is 5.73 Å². The Balaban J connectivity index is 2.10. The van der Waals surface area contributed by atoms with E-state index in [0.717, 1.165) is 29.8 Å². The second-order valence-electron chi connectivity index (χ2n) is 4.96. The van der Waals surface area contributed by atoms with E-state index in [-0.39, 0.29) is 0 Å². The zero-order valence-corrected chi connectivity index (χ0v) is 12.4. The topological polar surface area (TPSA) is 42.1 Å². The molecular weight excluding hydrogens is 290 g/mol. The molecule has 1 heterocycles. The van der Waals surface area contributed by atoms with E-state index >= 15 is 0 Å². The molecule has 0 spiro atoms. The van der Waals surface area contributed by atoms with Gasteiger partial charge in [0, 0.05) is 23.3 Å². The van der Waals surface area contributed by atoms with Crippen molar-refractivity contribution in [1.82, 2.24) is 4.98 Å². The van der Waals surface area contributed by atoms with E-state index in [0.29, 0.717) is 6.04 Å². The fraction of sp³-hybridized carbons (Fsp3) is 0.643. The Bertz CT molecular complexity index is 347. The maximum atomic E-state index is 5.65. The summed E-state index contributed by atoms with van der Waals surface area (Å²) in [6.07, 6.45) is 9.59. The molecule has 0 amide bonds. The Labute approximate surface area is 118 Å². The average molecular weight is 312 g/mol. The summed E-state index contributed by atoms with van der Waals surface area (Å²) in [6.45, 7) is 1.77. The standard InChI is InChI=1S/C14H22BrN3/c15-12-7-8-14(17-11-12)18(10-4-9-16)13-5-2-1-3-6-13/h7-8,11,13H,1-6,9-10,16H2. The van der Waals surface area contributed by atoms with Gasteiger partial charge in [-0.2, -0.15) is 0 Å². The van der Waals surface area contributed by atoms with Crippen LogP contribution in [-0.4, -0.2) is 24.1 Å². The predicted octanol–water partition coefficient (Wildman–Crippen LogP) is 3.33. The number of nitrogens with zero attached hydrogens (tertiary/aromatic N) is 2. The summed E-state index contributed by atoms with van der Waals surface area (Å²) in [5.74, 6) is 1.10. The molecule has 18 heavy (non-hydrogen) atoms. The van der Waals surface area contributed by atoms with Crippen molar-refractivity contribution in [2.45, 2.75) is 44.6 Å². The Morgan fingerprint density at radius 1 is 1.28 bits per heavy atom. The fourth-order valence-corrected chi connectivity index (χ4v) is 2.91. The molecule has 100 valence electrons. The number of nitrogens with two attached hydrogens (primary N) is 1. The molecule has 4 heteroatoms. The summed E-state index contributed by atoms with van der Waals surface area (Å²) in [5.41, 5.74) is 5.65. The van der Waals surface area contributed by atoms with Crippen LogP contribution in [0.3, 0.4) is 0 Å². The van der Waals surface area contributed by atoms with Crippen LogP contribution < -0.4 is 10.6 Å². The first-order chi connectivity index (χ1) is 8.81. The van der Waals surface area contributed by atoms with Crippen LogP contribution in [-0.2, 0) is 0 Å². The molecule has 1 fully saturated rings. The largest absolute Gasteiger partial charge is 0.354 e. The predicted molar refractivity (Wildman–Crippen MR) is 79.8 cm³/mol. The smallest absolute Gasteiger partial charge is 0.128 e. The van der Waals surface area contributed by atoms with Crippen LogP contribution in [0.1, 0.15) is 38.5 Å². The number of anilines is 1. The van der Waals surface area contributed by atoms with Gasteiger partial charge in [0.25, 0.3) is 0 Å². The molecule has 0 aromatic carbocycles. The normalized spacial score (nSPS) is 16.8. The summed E-state index contributed by atoms with van der Waals surface area (Å²) in [5, 5.41) is 0. The second kappa shape index (κ2) is 7.10. The third kappa shape index (κ3) is 3.69. The molecule has 1 aliphatic carbocycles. The van der Waals surface area contributed by atoms with E-state index in [1.165, 1.54) is 32.1 Å². The molecular formula is C14H22BrN3. The van der Waals surface area contributed by atoms with E-state index < -0.39 is 0 Å². The number of pyridine rings is 1. The fourth-order valence-electron chi connectivity index (χ4n) is 2.68. The molecule has 0 unspecified atom stereocenters. The van der Waals surface area contributed by atoms with Gasteiger partial charge in [0.05, 0.1) is 0 Å². The highest BCUT2D eigenvalue weighted by Crippen LogP contribution is 2.26. The third-order valence-electron chi connectivity index (χ3n) is 3.62. The maximum Gasteiger partial charge on any atom is 0.128 e. The lowest BCUT2D eigenvalue weighted by molar-refractivity contribution is 0.411. The molecule has 0 radical (unpaired) electrons. The molecule has 1 aromatic heterocycles. The lowest BCUT2D eigenvalue weighted by atomic mass is 9.94. The Morgan fingerprint density at radius 2 is 2.06 bits per heavy atom. The Kier molecular flexibility index (Phi) is 5.45. The first-order valence-corrected chi connectivity index (χ1v) is 7.69. The first kappa shape index (κ1) is 13.8. The SMILES string of the molecule is NCCCN(c1ccc(Br)cn1)C1CCCCC1. The number of aromatic nitrogens is 1. The minimum Gasteiger partial charge on any atom is -0.354 e. The molecule has 0 aliphatic heterocycles. The van der Waals surface area contributed by atoms with Crippen molar-refractivity contribution in [2.24, 2.45) is 5.73 Å². The van der Waals surface area contributed by atoms with E-state index in [1.807, 2.05) is 6.20 Å². The summed E-state index contributed by atoms with van der Waals surface area (Å²) in [7, 11) is 0. The number of halogens is 1. The molecule has 0 bridgehead atoms. The minimum atomic E-state index is 0.652. The molecule has 0 atom stereocenters. The molecule has 1 aromatic rings. The quantitative estimate of drug-likeness (QED) is 0.907. The Hall–Kier alpha value is -0.610. The van der Waals surface area contributed by atoms with Gasteiger partial charge in [-0.05, 0) is 53.9 Å². The Morgan fingerprint density at radius 3 is 2.67 bits per heavy atom. The van der Waals surface area contributed by atoms with Crippen molar-refractivity contribution in [3.8, 4) is 0 Å². The molecule has 0 saturated heterocycles. The summed E-state index contributed by atoms with van der Waals surface area (Å²) in [6, 6.07) is 4.83. The van der Waals surface area contributed by atoms with Crippen molar-refractivity contribution in [3.05, 3.63) is 22.8 Å². The molecule has 1 aliphatic rings. The van der Waals surface area contributed by atoms with Gasteiger partial charge < -0.3 is 10.6 Å². The lowest BCUT2D eigenvalue weighted by Gasteiger charge is -2.35. The molecule has 2 rings (SSSR count). The van der Waals surface area contributed by atoms with Gasteiger partial charge in [-0.25, -0.2) is 4.98 Å². The monoisotopic (exact) mass is 311 g/mol. The van der Waals surface area contributed by atoms with Crippen LogP contribution in [0.15, 0.2) is 22.8 Å². The van der Waals surface area contributed by atoms with Crippen molar-refractivity contribution < 1.29 is 0 Å². The van der Waals surface area contributed by atoms with Crippen molar-refractivity contribution in [1.29, 1.82) is 0 Å². The van der Waals surface area contributed by atoms with Crippen LogP contribution >= 0.6 is 15.9 Å². The molecule has 1 saturated carbocycles. The first-order valence-electron chi connectivity index (χ1n) is 6.89. The second-order valence-corrected chi connectivity index (χ2v) is 5.88. The minimum absolute atomic E-state index is 0.652. The zero-order valence-electron chi connectivity index (χ0n) is 10.8. The van der Waals surface area contributed by atoms with Gasteiger partial charge in [0.2, 0.25) is 0 Å². The average Bonchev–Trinajstić information content (AvgIpc) is 2.42. The molecule has 2 N–H and O–H groups in total. The van der Waals surface area contributed by atoms with Gasteiger partial charge >= 0.3 is 0 Å². The van der Waals surface area contributed by atoms with Gasteiger partial charge in [-0.3, -0.25) is 0 Å². The summed E-state index contributed by atoms with van der Waals surface area (Å²) >= 11 is 3.44. The van der Waals surface area contributed by atoms with Crippen molar-refractivity contribution >= 4 is 21.7 Å². The van der Waals surface area contributed by atoms with E-state index in [9.17, 15) is 0 Å². The maximum absolute atomic E-state index is 5.65. The van der Waals surface area contributed by atoms with Crippen LogP contribution in [0, 0.1) is 0 Å². The van der Waals surface area contributed by atoms with Crippen LogP contribution in [0.2, 0.25) is 0 Å². The third-order valence-corrected chi connectivity index (χ3v) is 4.09. The highest BCUT2D eigenvalue weighted by Gasteiger charge is 2.21. The van der Waals surface area contributed by atoms with Gasteiger partial charge in [-0.1, -0.05) is 19.3 Å². The molecule has 3 nitrogen and oxygen atoms in total.